The zero-order chi connectivity index (χ0) is 8.85. The molecule has 0 unspecified atom stereocenters. The normalized spacial score (nSPS) is 10.1. The van der Waals surface area contributed by atoms with E-state index in [9.17, 15) is 0 Å². The van der Waals surface area contributed by atoms with Crippen molar-refractivity contribution in [1.82, 2.24) is 4.90 Å². The third-order valence-electron chi connectivity index (χ3n) is 1.01. The summed E-state index contributed by atoms with van der Waals surface area (Å²) in [6, 6.07) is 0. The predicted molar refractivity (Wildman–Crippen MR) is 48.8 cm³/mol. The van der Waals surface area contributed by atoms with Crippen molar-refractivity contribution in [3.8, 4) is 0 Å². The van der Waals surface area contributed by atoms with E-state index in [4.69, 9.17) is 11.7 Å². The van der Waals surface area contributed by atoms with Crippen molar-refractivity contribution in [3.63, 3.8) is 0 Å². The third kappa shape index (κ3) is 4.57. The van der Waals surface area contributed by atoms with Gasteiger partial charge in [-0.25, -0.2) is 0 Å². The average molecular weight is 339 g/mol. The summed E-state index contributed by atoms with van der Waals surface area (Å²) in [5, 5.41) is 8.80. The summed E-state index contributed by atoms with van der Waals surface area (Å²) < 4.78 is 0.886. The van der Waals surface area contributed by atoms with Gasteiger partial charge in [-0.05, 0) is 0 Å². The molecule has 0 bridgehead atoms. The maximum absolute atomic E-state index is 8.80. The molecular formula is C8H15N2OW-. The first kappa shape index (κ1) is 14.3. The quantitative estimate of drug-likeness (QED) is 0.454. The van der Waals surface area contributed by atoms with Crippen molar-refractivity contribution in [2.45, 2.75) is 7.43 Å². The standard InChI is InChI=1S/C7H11N2O.CH4.W/c1-4-8-7(5-6-10)9(2)3;;/h1,4,10H,6H2,2-3H3;1H4;/q-1;;. The molecular weight excluding hydrogens is 324 g/mol. The minimum atomic E-state index is 0. The molecule has 0 atom stereocenters. The second-order valence-electron chi connectivity index (χ2n) is 2.08. The van der Waals surface area contributed by atoms with Crippen molar-refractivity contribution in [2.75, 3.05) is 20.7 Å². The van der Waals surface area contributed by atoms with E-state index in [2.05, 4.69) is 4.99 Å². The van der Waals surface area contributed by atoms with E-state index in [0.29, 0.717) is 0 Å². The molecule has 0 aromatic rings. The second-order valence-corrected chi connectivity index (χ2v) is 3.85. The maximum atomic E-state index is 8.80. The average Bonchev–Trinajstić information content (AvgIpc) is 1.98. The Morgan fingerprint density at radius 2 is 2.17 bits per heavy atom. The van der Waals surface area contributed by atoms with Gasteiger partial charge in [-0.2, -0.15) is 0 Å². The van der Waals surface area contributed by atoms with Crippen LogP contribution in [0.3, 0.4) is 0 Å². The van der Waals surface area contributed by atoms with Gasteiger partial charge in [0.05, 0.1) is 0 Å². The molecule has 0 aliphatic rings. The van der Waals surface area contributed by atoms with Gasteiger partial charge in [0, 0.05) is 0 Å². The predicted octanol–water partition coefficient (Wildman–Crippen LogP) is 0.241. The van der Waals surface area contributed by atoms with Crippen molar-refractivity contribution in [2.24, 2.45) is 4.99 Å². The topological polar surface area (TPSA) is 35.8 Å². The first-order valence-electron chi connectivity index (χ1n) is 3.06. The van der Waals surface area contributed by atoms with Crippen LogP contribution in [0.2, 0.25) is 0 Å². The zero-order valence-corrected chi connectivity index (χ0v) is 9.55. The van der Waals surface area contributed by atoms with E-state index in [0.717, 1.165) is 9.73 Å². The van der Waals surface area contributed by atoms with Crippen LogP contribution in [0.25, 0.3) is 0 Å². The summed E-state index contributed by atoms with van der Waals surface area (Å²) in [5.41, 5.74) is 0. The van der Waals surface area contributed by atoms with E-state index >= 15 is 0 Å². The summed E-state index contributed by atoms with van der Waals surface area (Å²) in [5.74, 6) is 0.741. The second kappa shape index (κ2) is 7.38. The van der Waals surface area contributed by atoms with Gasteiger partial charge in [-0.1, -0.05) is 7.43 Å². The van der Waals surface area contributed by atoms with Gasteiger partial charge in [0.1, 0.15) is 0 Å². The van der Waals surface area contributed by atoms with Crippen LogP contribution < -0.4 is 0 Å². The monoisotopic (exact) mass is 339 g/mol. The Kier molecular flexibility index (Phi) is 8.77. The number of aliphatic imine (C=N–C) groups is 1. The van der Waals surface area contributed by atoms with E-state index < -0.39 is 0 Å². The molecule has 0 fully saturated rings. The van der Waals surface area contributed by atoms with Crippen LogP contribution in [-0.4, -0.2) is 40.4 Å². The van der Waals surface area contributed by atoms with Crippen LogP contribution >= 0.6 is 0 Å². The summed E-state index contributed by atoms with van der Waals surface area (Å²) in [4.78, 5) is 5.73. The number of hydrogen-bond donors (Lipinski definition) is 1. The van der Waals surface area contributed by atoms with Crippen LogP contribution in [0.5, 0.6) is 0 Å². The molecule has 0 rings (SSSR count). The summed E-state index contributed by atoms with van der Waals surface area (Å²) in [6.45, 7) is 5.18. The molecule has 1 N–H and O–H groups in total. The Bertz CT molecular complexity index is 187. The van der Waals surface area contributed by atoms with Gasteiger partial charge >= 0.3 is 77.6 Å². The Morgan fingerprint density at radius 1 is 1.67 bits per heavy atom. The van der Waals surface area contributed by atoms with Crippen LogP contribution in [0.15, 0.2) is 11.2 Å². The van der Waals surface area contributed by atoms with Crippen molar-refractivity contribution in [1.29, 1.82) is 0 Å². The fourth-order valence-electron chi connectivity index (χ4n) is 0.578. The fraction of sp³-hybridized carbons (Fsp3) is 0.500. The summed E-state index contributed by atoms with van der Waals surface area (Å²) in [7, 11) is 3.72. The van der Waals surface area contributed by atoms with E-state index in [-0.39, 0.29) is 14.0 Å². The van der Waals surface area contributed by atoms with Crippen LogP contribution in [0, 0.1) is 6.58 Å². The Morgan fingerprint density at radius 3 is 2.42 bits per heavy atom. The molecule has 0 saturated carbocycles. The van der Waals surface area contributed by atoms with Crippen LogP contribution in [0.4, 0.5) is 0 Å². The molecule has 0 saturated heterocycles. The van der Waals surface area contributed by atoms with Gasteiger partial charge < -0.3 is 0 Å². The SMILES string of the molecule is C.[CH-]=CN=C([C](=[W])CO)N(C)C. The van der Waals surface area contributed by atoms with Gasteiger partial charge in [-0.3, -0.25) is 0 Å². The molecule has 0 aliphatic carbocycles. The summed E-state index contributed by atoms with van der Waals surface area (Å²) >= 11 is 1.21. The molecule has 0 aromatic heterocycles. The van der Waals surface area contributed by atoms with Gasteiger partial charge in [-0.15, -0.1) is 0 Å². The molecule has 12 heavy (non-hydrogen) atoms. The molecule has 70 valence electrons. The van der Waals surface area contributed by atoms with Crippen LogP contribution in [0.1, 0.15) is 7.43 Å². The van der Waals surface area contributed by atoms with Crippen LogP contribution in [-0.2, 0) is 19.4 Å². The molecule has 0 heterocycles. The Hall–Kier alpha value is -0.272. The number of amidine groups is 1. The Labute approximate surface area is 85.2 Å². The molecule has 0 spiro atoms. The molecule has 0 aromatic carbocycles. The van der Waals surface area contributed by atoms with Gasteiger partial charge in [0.2, 0.25) is 0 Å². The zero-order valence-electron chi connectivity index (χ0n) is 6.61. The number of hydrogen-bond acceptors (Lipinski definition) is 2. The first-order chi connectivity index (χ1) is 5.13. The molecule has 0 radical (unpaired) electrons. The molecule has 3 nitrogen and oxygen atoms in total. The molecule has 0 aliphatic heterocycles. The van der Waals surface area contributed by atoms with E-state index in [1.54, 1.807) is 0 Å². The van der Waals surface area contributed by atoms with E-state index in [1.165, 1.54) is 25.6 Å². The minimum absolute atomic E-state index is 0. The van der Waals surface area contributed by atoms with Crippen molar-refractivity contribution >= 4 is 9.73 Å². The van der Waals surface area contributed by atoms with Gasteiger partial charge in [0.15, 0.2) is 0 Å². The summed E-state index contributed by atoms with van der Waals surface area (Å²) in [6.07, 6.45) is 1.23. The number of nitrogens with zero attached hydrogens (tertiary/aromatic N) is 2. The van der Waals surface area contributed by atoms with Gasteiger partial charge in [0.25, 0.3) is 0 Å². The third-order valence-corrected chi connectivity index (χ3v) is 2.13. The number of aliphatic hydroxyl groups excluding tert-OH is 1. The Balaban J connectivity index is 0. The fourth-order valence-corrected chi connectivity index (χ4v) is 1.42. The number of rotatable bonds is 3. The van der Waals surface area contributed by atoms with Crippen molar-refractivity contribution < 1.29 is 24.5 Å². The number of aliphatic hydroxyl groups is 1. The molecule has 0 amide bonds. The van der Waals surface area contributed by atoms with E-state index in [1.807, 2.05) is 19.0 Å². The molecule has 4 heteroatoms. The first-order valence-corrected chi connectivity index (χ1v) is 4.52. The van der Waals surface area contributed by atoms with Crippen molar-refractivity contribution in [3.05, 3.63) is 12.8 Å².